The van der Waals surface area contributed by atoms with Crippen molar-refractivity contribution in [3.8, 4) is 0 Å². The summed E-state index contributed by atoms with van der Waals surface area (Å²) in [5.74, 6) is 3.10. The number of hydrogen-bond acceptors (Lipinski definition) is 1. The Morgan fingerprint density at radius 1 is 1.29 bits per heavy atom. The van der Waals surface area contributed by atoms with Gasteiger partial charge in [-0.1, -0.05) is 26.2 Å². The van der Waals surface area contributed by atoms with E-state index in [0.717, 1.165) is 23.8 Å². The van der Waals surface area contributed by atoms with E-state index in [0.29, 0.717) is 0 Å². The Balaban J connectivity index is 1.72. The van der Waals surface area contributed by atoms with Gasteiger partial charge in [0, 0.05) is 6.04 Å². The maximum Gasteiger partial charge on any atom is 0.00413 e. The number of nitrogens with one attached hydrogen (secondary N) is 1. The summed E-state index contributed by atoms with van der Waals surface area (Å²) in [4.78, 5) is 0. The van der Waals surface area contributed by atoms with Gasteiger partial charge in [0.15, 0.2) is 0 Å². The topological polar surface area (TPSA) is 12.0 Å². The van der Waals surface area contributed by atoms with Crippen LogP contribution in [0.25, 0.3) is 0 Å². The van der Waals surface area contributed by atoms with Gasteiger partial charge in [0.2, 0.25) is 0 Å². The van der Waals surface area contributed by atoms with E-state index in [1.54, 1.807) is 0 Å². The quantitative estimate of drug-likeness (QED) is 0.729. The summed E-state index contributed by atoms with van der Waals surface area (Å²) < 4.78 is 0. The third-order valence-corrected chi connectivity index (χ3v) is 4.39. The van der Waals surface area contributed by atoms with Gasteiger partial charge in [0.1, 0.15) is 0 Å². The van der Waals surface area contributed by atoms with Gasteiger partial charge in [-0.3, -0.25) is 0 Å². The van der Waals surface area contributed by atoms with Crippen molar-refractivity contribution in [2.75, 3.05) is 6.54 Å². The first-order valence-electron chi connectivity index (χ1n) is 6.49. The lowest BCUT2D eigenvalue weighted by Crippen LogP contribution is -2.37. The minimum absolute atomic E-state index is 0.766. The van der Waals surface area contributed by atoms with Crippen molar-refractivity contribution in [3.63, 3.8) is 0 Å². The van der Waals surface area contributed by atoms with Crippen molar-refractivity contribution in [2.45, 2.75) is 58.4 Å². The van der Waals surface area contributed by atoms with Crippen molar-refractivity contribution >= 4 is 0 Å². The second-order valence-corrected chi connectivity index (χ2v) is 5.65. The Hall–Kier alpha value is -0.0400. The van der Waals surface area contributed by atoms with Gasteiger partial charge in [0.05, 0.1) is 0 Å². The van der Waals surface area contributed by atoms with Crippen LogP contribution < -0.4 is 5.32 Å². The lowest BCUT2D eigenvalue weighted by Gasteiger charge is -2.36. The summed E-state index contributed by atoms with van der Waals surface area (Å²) in [6.07, 6.45) is 8.86. The zero-order valence-electron chi connectivity index (χ0n) is 9.76. The smallest absolute Gasteiger partial charge is 0.00413 e. The number of rotatable bonds is 3. The maximum absolute atomic E-state index is 3.54. The van der Waals surface area contributed by atoms with E-state index in [-0.39, 0.29) is 0 Å². The van der Waals surface area contributed by atoms with E-state index in [9.17, 15) is 0 Å². The predicted octanol–water partition coefficient (Wildman–Crippen LogP) is 3.20. The zero-order valence-corrected chi connectivity index (χ0v) is 9.76. The molecule has 0 amide bonds. The minimum atomic E-state index is 0.766. The van der Waals surface area contributed by atoms with Gasteiger partial charge in [-0.25, -0.2) is 0 Å². The standard InChI is InChI=1S/C13H25N/c1-10(13-4-3-5-13)8-12-6-7-14-11(2)9-12/h10-14H,3-9H2,1-2H3. The molecule has 0 aromatic carbocycles. The van der Waals surface area contributed by atoms with Gasteiger partial charge < -0.3 is 5.32 Å². The fraction of sp³-hybridized carbons (Fsp3) is 1.00. The van der Waals surface area contributed by atoms with E-state index < -0.39 is 0 Å². The third-order valence-electron chi connectivity index (χ3n) is 4.39. The molecule has 1 heterocycles. The Morgan fingerprint density at radius 3 is 2.64 bits per heavy atom. The average molecular weight is 195 g/mol. The van der Waals surface area contributed by atoms with Crippen LogP contribution in [0, 0.1) is 17.8 Å². The van der Waals surface area contributed by atoms with Crippen LogP contribution in [0.2, 0.25) is 0 Å². The molecule has 1 heteroatoms. The fourth-order valence-electron chi connectivity index (χ4n) is 3.18. The molecule has 0 aromatic rings. The second kappa shape index (κ2) is 4.65. The molecule has 0 aromatic heterocycles. The Morgan fingerprint density at radius 2 is 2.07 bits per heavy atom. The molecule has 1 N–H and O–H groups in total. The molecule has 3 atom stereocenters. The summed E-state index contributed by atoms with van der Waals surface area (Å²) in [7, 11) is 0. The highest BCUT2D eigenvalue weighted by molar-refractivity contribution is 4.81. The van der Waals surface area contributed by atoms with Crippen molar-refractivity contribution in [1.82, 2.24) is 5.32 Å². The van der Waals surface area contributed by atoms with Gasteiger partial charge in [0.25, 0.3) is 0 Å². The summed E-state index contributed by atoms with van der Waals surface area (Å²) >= 11 is 0. The van der Waals surface area contributed by atoms with Crippen LogP contribution in [0.3, 0.4) is 0 Å². The molecule has 0 radical (unpaired) electrons. The molecule has 0 bridgehead atoms. The van der Waals surface area contributed by atoms with E-state index in [1.165, 1.54) is 45.1 Å². The van der Waals surface area contributed by atoms with Crippen molar-refractivity contribution < 1.29 is 0 Å². The molecule has 1 nitrogen and oxygen atoms in total. The normalized spacial score (nSPS) is 36.4. The molecule has 82 valence electrons. The summed E-state index contributed by atoms with van der Waals surface area (Å²) in [5.41, 5.74) is 0. The van der Waals surface area contributed by atoms with Crippen LogP contribution in [0.1, 0.15) is 52.4 Å². The Labute approximate surface area is 88.7 Å². The van der Waals surface area contributed by atoms with Crippen LogP contribution in [0.4, 0.5) is 0 Å². The lowest BCUT2D eigenvalue weighted by atomic mass is 9.72. The Bertz CT molecular complexity index is 174. The molecular formula is C13H25N. The number of hydrogen-bond donors (Lipinski definition) is 1. The third kappa shape index (κ3) is 2.50. The van der Waals surface area contributed by atoms with Crippen LogP contribution in [-0.4, -0.2) is 12.6 Å². The first-order valence-corrected chi connectivity index (χ1v) is 6.49. The van der Waals surface area contributed by atoms with E-state index in [2.05, 4.69) is 19.2 Å². The van der Waals surface area contributed by atoms with E-state index in [1.807, 2.05) is 0 Å². The molecule has 14 heavy (non-hydrogen) atoms. The second-order valence-electron chi connectivity index (χ2n) is 5.65. The highest BCUT2D eigenvalue weighted by Crippen LogP contribution is 2.37. The van der Waals surface area contributed by atoms with Crippen LogP contribution >= 0.6 is 0 Å². The summed E-state index contributed by atoms with van der Waals surface area (Å²) in [5, 5.41) is 3.54. The summed E-state index contributed by atoms with van der Waals surface area (Å²) in [6, 6.07) is 0.766. The molecule has 0 spiro atoms. The van der Waals surface area contributed by atoms with Gasteiger partial charge in [-0.05, 0) is 50.5 Å². The molecule has 1 saturated heterocycles. The summed E-state index contributed by atoms with van der Waals surface area (Å²) in [6.45, 7) is 6.07. The minimum Gasteiger partial charge on any atom is -0.314 e. The van der Waals surface area contributed by atoms with Gasteiger partial charge >= 0.3 is 0 Å². The van der Waals surface area contributed by atoms with Crippen molar-refractivity contribution in [2.24, 2.45) is 17.8 Å². The van der Waals surface area contributed by atoms with Crippen LogP contribution in [0.5, 0.6) is 0 Å². The highest BCUT2D eigenvalue weighted by Gasteiger charge is 2.27. The SMILES string of the molecule is CC1CC(CC(C)C2CCC2)CCN1. The Kier molecular flexibility index (Phi) is 3.48. The zero-order chi connectivity index (χ0) is 9.97. The van der Waals surface area contributed by atoms with Crippen LogP contribution in [0.15, 0.2) is 0 Å². The monoisotopic (exact) mass is 195 g/mol. The molecule has 2 rings (SSSR count). The van der Waals surface area contributed by atoms with Crippen LogP contribution in [-0.2, 0) is 0 Å². The van der Waals surface area contributed by atoms with E-state index in [4.69, 9.17) is 0 Å². The molecule has 3 unspecified atom stereocenters. The largest absolute Gasteiger partial charge is 0.314 e. The highest BCUT2D eigenvalue weighted by atomic mass is 14.9. The first kappa shape index (κ1) is 10.5. The molecule has 2 aliphatic rings. The maximum atomic E-state index is 3.54. The first-order chi connectivity index (χ1) is 6.75. The lowest BCUT2D eigenvalue weighted by molar-refractivity contribution is 0.168. The van der Waals surface area contributed by atoms with Crippen molar-refractivity contribution in [1.29, 1.82) is 0 Å². The van der Waals surface area contributed by atoms with Gasteiger partial charge in [-0.15, -0.1) is 0 Å². The molecule has 2 fully saturated rings. The average Bonchev–Trinajstić information content (AvgIpc) is 1.99. The molecule has 1 aliphatic heterocycles. The molecular weight excluding hydrogens is 170 g/mol. The van der Waals surface area contributed by atoms with Crippen molar-refractivity contribution in [3.05, 3.63) is 0 Å². The molecule has 1 saturated carbocycles. The number of piperidine rings is 1. The fourth-order valence-corrected chi connectivity index (χ4v) is 3.18. The van der Waals surface area contributed by atoms with Gasteiger partial charge in [-0.2, -0.15) is 0 Å². The molecule has 1 aliphatic carbocycles. The van der Waals surface area contributed by atoms with E-state index >= 15 is 0 Å². The predicted molar refractivity (Wildman–Crippen MR) is 61.3 cm³/mol.